The van der Waals surface area contributed by atoms with E-state index < -0.39 is 5.82 Å². The van der Waals surface area contributed by atoms with Gasteiger partial charge in [-0.15, -0.1) is 0 Å². The molecule has 10 N–H and O–H groups in total. The average molecular weight is 1520 g/mol. The van der Waals surface area contributed by atoms with E-state index in [0.29, 0.717) is 109 Å². The van der Waals surface area contributed by atoms with Crippen LogP contribution in [0.25, 0.3) is 50.6 Å². The summed E-state index contributed by atoms with van der Waals surface area (Å²) in [6, 6.07) is 35.0. The molecule has 6 aliphatic rings. The maximum absolute atomic E-state index is 14.7. The molecular weight excluding hydrogens is 1450 g/mol. The number of hydrogen-bond donors (Lipinski definition) is 6. The van der Waals surface area contributed by atoms with Crippen LogP contribution in [0.1, 0.15) is 36.0 Å². The second-order valence-electron chi connectivity index (χ2n) is 27.6. The number of nitrogens with one attached hydrogen (secondary N) is 2. The topological polar surface area (TPSA) is 314 Å². The molecule has 4 aromatic carbocycles. The predicted molar refractivity (Wildman–Crippen MR) is 404 cm³/mol. The van der Waals surface area contributed by atoms with E-state index in [9.17, 15) is 17.6 Å². The van der Waals surface area contributed by atoms with Gasteiger partial charge in [0.05, 0.1) is 41.4 Å². The number of hydrogen-bond acceptors (Lipinski definition) is 22. The Kier molecular flexibility index (Phi) is 18.4. The molecule has 12 heterocycles. The summed E-state index contributed by atoms with van der Waals surface area (Å²) in [6.45, 7) is 6.01. The summed E-state index contributed by atoms with van der Waals surface area (Å²) in [4.78, 5) is 49.5. The zero-order chi connectivity index (χ0) is 73.5. The number of rotatable bonds is 16. The minimum atomic E-state index is -0.460. The lowest BCUT2D eigenvalue weighted by molar-refractivity contribution is 0.386. The highest BCUT2D eigenvalue weighted by Gasteiger charge is 2.68. The molecule has 3 aliphatic heterocycles. The Morgan fingerprint density at radius 3 is 1.64 bits per heavy atom. The standard InChI is InChI=1S/C28H24ClFN8S.C25H24F2N6O.C23H22ClFN8S/c29-25-22(8-11-32-27(25)38-12-3-10-34-38)39-24-7-6-21-26(36-24)33-14-23(35-21)37-13-9-17-19(15-37)28(17,16-31)18-4-1-2-5-20(18)30;1-34-20-7-6-14(10-19(20)27)22-23-24(32-31-22)30-21(11-29-23)33-9-8-15-17(12-33)25(15,13-28)16-4-2-3-5-18(16)26;24-18-16(5-7-28-20(18)27)34-22-19-21(31-32-22)30-17(9-29-19)33-8-6-12-14(10-33)23(12,11-26)13-3-1-2-4-15(13)25/h1-8,10-12,14,17,19H,9,13,15-16,31H2;2-7,10-11,15,17H,8-9,12-13,28H2,1H3,(H,30,31,32);1-5,7,9,12,14H,6,8,10-11,26H2,(H2,27,28)(H,30,31,32)/t17-,19+,28-;15-,17+,25-;12-,14+,23-/m111/s1. The Balaban J connectivity index is 0.000000118. The van der Waals surface area contributed by atoms with Gasteiger partial charge < -0.3 is 42.4 Å². The van der Waals surface area contributed by atoms with Crippen molar-refractivity contribution in [2.45, 2.75) is 55.4 Å². The molecular formula is C76H70Cl2F4N22OS2. The Labute approximate surface area is 629 Å². The number of fused-ring (bicyclic) bond motifs is 6. The lowest BCUT2D eigenvalue weighted by atomic mass is 9.91. The highest BCUT2D eigenvalue weighted by Crippen LogP contribution is 2.66. The first kappa shape index (κ1) is 69.9. The van der Waals surface area contributed by atoms with Crippen LogP contribution in [0.5, 0.6) is 5.75 Å². The van der Waals surface area contributed by atoms with Crippen molar-refractivity contribution in [3.05, 3.63) is 215 Å². The third-order valence-electron chi connectivity index (χ3n) is 22.7. The van der Waals surface area contributed by atoms with E-state index in [4.69, 9.17) is 70.8 Å². The monoisotopic (exact) mass is 1520 g/mol. The number of aromatic nitrogens is 15. The summed E-state index contributed by atoms with van der Waals surface area (Å²) in [6.07, 6.45) is 14.8. The first-order chi connectivity index (χ1) is 52.2. The van der Waals surface area contributed by atoms with Gasteiger partial charge in [0, 0.05) is 115 Å². The van der Waals surface area contributed by atoms with E-state index in [2.05, 4.69) is 65.1 Å². The molecule has 3 aliphatic carbocycles. The van der Waals surface area contributed by atoms with Gasteiger partial charge in [-0.1, -0.05) is 101 Å². The normalized spacial score (nSPS) is 23.2. The number of halogens is 6. The van der Waals surface area contributed by atoms with E-state index in [1.54, 1.807) is 84.5 Å². The van der Waals surface area contributed by atoms with Crippen LogP contribution in [-0.2, 0) is 16.2 Å². The minimum Gasteiger partial charge on any atom is -0.494 e. The van der Waals surface area contributed by atoms with Crippen molar-refractivity contribution in [1.82, 2.24) is 75.0 Å². The number of methoxy groups -OCH3 is 1. The Morgan fingerprint density at radius 1 is 0.533 bits per heavy atom. The molecule has 0 amide bonds. The van der Waals surface area contributed by atoms with E-state index in [-0.39, 0.29) is 57.1 Å². The smallest absolute Gasteiger partial charge is 0.202 e. The van der Waals surface area contributed by atoms with Crippen LogP contribution in [0.3, 0.4) is 0 Å². The van der Waals surface area contributed by atoms with Crippen molar-refractivity contribution in [2.75, 3.05) is 86.4 Å². The van der Waals surface area contributed by atoms with Crippen molar-refractivity contribution < 1.29 is 22.3 Å². The first-order valence-corrected chi connectivity index (χ1v) is 37.5. The Hall–Kier alpha value is -10.1. The summed E-state index contributed by atoms with van der Waals surface area (Å²) in [5, 5.41) is 21.1. The Bertz CT molecular complexity index is 5530. The van der Waals surface area contributed by atoms with Crippen LogP contribution in [0.15, 0.2) is 185 Å². The van der Waals surface area contributed by atoms with Gasteiger partial charge in [0.1, 0.15) is 62.3 Å². The van der Waals surface area contributed by atoms with Gasteiger partial charge in [-0.05, 0) is 138 Å². The molecule has 23 nitrogen and oxygen atoms in total. The van der Waals surface area contributed by atoms with E-state index >= 15 is 0 Å². The number of piperidine rings is 3. The van der Waals surface area contributed by atoms with Gasteiger partial charge in [-0.25, -0.2) is 67.1 Å². The van der Waals surface area contributed by atoms with Crippen LogP contribution < -0.4 is 42.4 Å². The first-order valence-electron chi connectivity index (χ1n) is 35.1. The van der Waals surface area contributed by atoms with Crippen molar-refractivity contribution in [1.29, 1.82) is 0 Å². The molecule has 3 saturated heterocycles. The lowest BCUT2D eigenvalue weighted by Gasteiger charge is -2.27. The third kappa shape index (κ3) is 12.2. The second-order valence-corrected chi connectivity index (χ2v) is 30.5. The molecule has 0 spiro atoms. The summed E-state index contributed by atoms with van der Waals surface area (Å²) in [7, 11) is 1.43. The van der Waals surface area contributed by atoms with Crippen molar-refractivity contribution in [3.8, 4) is 22.8 Å². The fourth-order valence-electron chi connectivity index (χ4n) is 17.3. The summed E-state index contributed by atoms with van der Waals surface area (Å²) in [5.41, 5.74) is 30.5. The third-order valence-corrected chi connectivity index (χ3v) is 25.8. The molecule has 0 radical (unpaired) electrons. The zero-order valence-electron chi connectivity index (χ0n) is 57.5. The molecule has 0 bridgehead atoms. The van der Waals surface area contributed by atoms with Crippen LogP contribution >= 0.6 is 46.7 Å². The average Bonchev–Trinajstić information content (AvgIpc) is 1.54. The van der Waals surface area contributed by atoms with Crippen LogP contribution in [-0.4, -0.2) is 141 Å². The maximum atomic E-state index is 14.7. The summed E-state index contributed by atoms with van der Waals surface area (Å²) in [5.74, 6) is 4.28. The minimum absolute atomic E-state index is 0.167. The molecule has 3 saturated carbocycles. The number of H-pyrrole nitrogens is 2. The van der Waals surface area contributed by atoms with Crippen molar-refractivity contribution in [3.63, 3.8) is 0 Å². The molecule has 9 atom stereocenters. The van der Waals surface area contributed by atoms with Gasteiger partial charge in [0.2, 0.25) is 5.65 Å². The number of aromatic amines is 2. The molecule has 544 valence electrons. The quantitative estimate of drug-likeness (QED) is 0.0490. The highest BCUT2D eigenvalue weighted by atomic mass is 35.5. The van der Waals surface area contributed by atoms with Gasteiger partial charge in [0.25, 0.3) is 0 Å². The molecule has 13 aromatic rings. The summed E-state index contributed by atoms with van der Waals surface area (Å²) < 4.78 is 64.8. The molecule has 107 heavy (non-hydrogen) atoms. The second kappa shape index (κ2) is 28.2. The fourth-order valence-corrected chi connectivity index (χ4v) is 19.5. The van der Waals surface area contributed by atoms with E-state index in [1.807, 2.05) is 60.7 Å². The fraction of sp³-hybridized carbons (Fsp3) is 0.289. The number of ether oxygens (including phenoxy) is 1. The van der Waals surface area contributed by atoms with E-state index in [0.717, 1.165) is 107 Å². The van der Waals surface area contributed by atoms with Gasteiger partial charge in [0.15, 0.2) is 33.7 Å². The number of pyridine rings is 3. The van der Waals surface area contributed by atoms with Crippen LogP contribution in [0.4, 0.5) is 40.8 Å². The summed E-state index contributed by atoms with van der Waals surface area (Å²) >= 11 is 15.7. The Morgan fingerprint density at radius 2 is 1.08 bits per heavy atom. The van der Waals surface area contributed by atoms with Crippen LogP contribution in [0.2, 0.25) is 10.0 Å². The van der Waals surface area contributed by atoms with Crippen molar-refractivity contribution >= 4 is 103 Å². The number of nitrogen functional groups attached to an aromatic ring is 1. The molecule has 31 heteroatoms. The number of benzene rings is 4. The zero-order valence-corrected chi connectivity index (χ0v) is 60.6. The van der Waals surface area contributed by atoms with Crippen molar-refractivity contribution in [2.24, 2.45) is 52.7 Å². The number of nitrogens with zero attached hydrogens (tertiary/aromatic N) is 16. The lowest BCUT2D eigenvalue weighted by Crippen LogP contribution is -2.32. The van der Waals surface area contributed by atoms with Gasteiger partial charge >= 0.3 is 0 Å². The number of anilines is 4. The maximum Gasteiger partial charge on any atom is 0.202 e. The van der Waals surface area contributed by atoms with E-state index in [1.165, 1.54) is 54.9 Å². The highest BCUT2D eigenvalue weighted by molar-refractivity contribution is 7.99. The number of nitrogens with two attached hydrogens (primary N) is 4. The SMILES string of the molecule is COc1ccc(-c2[nH]nc3nc(N4CC[C@@H]5[C@H](C4)[C@@]5(CN)c4ccccc4F)cnc23)cc1F.NC[C@]1(c2ccccc2F)[C@@H]2CCN(c3cnc4c(Sc5ccnc(N)c5Cl)n[nH]c4n3)C[C@@H]21.NC[C@]1(c2ccccc2F)[C@@H]2CCN(c3cnc4nc(Sc5ccnc(-n6cccn6)c5Cl)ccc4n3)C[C@@H]21. The molecule has 0 unspecified atom stereocenters. The molecule has 6 fully saturated rings. The van der Waals surface area contributed by atoms with Crippen LogP contribution in [0, 0.1) is 58.8 Å². The molecule has 9 aromatic heterocycles. The largest absolute Gasteiger partial charge is 0.494 e. The molecule has 19 rings (SSSR count). The van der Waals surface area contributed by atoms with Gasteiger partial charge in [-0.2, -0.15) is 15.3 Å². The van der Waals surface area contributed by atoms with Gasteiger partial charge in [-0.3, -0.25) is 10.2 Å². The predicted octanol–water partition coefficient (Wildman–Crippen LogP) is 12.2.